The molecule has 0 unspecified atom stereocenters. The fourth-order valence-electron chi connectivity index (χ4n) is 2.79. The Hall–Kier alpha value is -3.42. The van der Waals surface area contributed by atoms with Crippen LogP contribution in [0.4, 0.5) is 0 Å². The van der Waals surface area contributed by atoms with E-state index < -0.39 is 9.84 Å². The average molecular weight is 400 g/mol. The molecule has 0 fully saturated rings. The number of nitriles is 1. The van der Waals surface area contributed by atoms with Crippen LogP contribution >= 0.6 is 0 Å². The minimum atomic E-state index is -3.17. The summed E-state index contributed by atoms with van der Waals surface area (Å²) >= 11 is 0. The Balaban J connectivity index is 1.69. The van der Waals surface area contributed by atoms with Gasteiger partial charge in [0.1, 0.15) is 0 Å². The molecule has 0 radical (unpaired) electrons. The van der Waals surface area contributed by atoms with Crippen LogP contribution in [0.2, 0.25) is 0 Å². The van der Waals surface area contributed by atoms with Gasteiger partial charge in [-0.25, -0.2) is 8.42 Å². The molecule has 0 aliphatic carbocycles. The minimum Gasteiger partial charge on any atom is -0.224 e. The number of rotatable bonds is 6. The third kappa shape index (κ3) is 5.31. The molecule has 29 heavy (non-hydrogen) atoms. The summed E-state index contributed by atoms with van der Waals surface area (Å²) in [6.45, 7) is 1.64. The van der Waals surface area contributed by atoms with Crippen LogP contribution in [0.3, 0.4) is 0 Å². The normalized spacial score (nSPS) is 11.7. The van der Waals surface area contributed by atoms with Crippen molar-refractivity contribution in [2.24, 2.45) is 0 Å². The predicted molar refractivity (Wildman–Crippen MR) is 120 cm³/mol. The summed E-state index contributed by atoms with van der Waals surface area (Å²) in [7, 11) is -3.17. The maximum atomic E-state index is 11.9. The van der Waals surface area contributed by atoms with E-state index in [2.05, 4.69) is 6.07 Å². The molecule has 0 aliphatic rings. The van der Waals surface area contributed by atoms with Crippen LogP contribution in [-0.2, 0) is 9.84 Å². The van der Waals surface area contributed by atoms with Gasteiger partial charge in [0.15, 0.2) is 9.84 Å². The second-order valence-electron chi connectivity index (χ2n) is 6.50. The van der Waals surface area contributed by atoms with Gasteiger partial charge in [-0.3, -0.25) is 0 Å². The van der Waals surface area contributed by atoms with Crippen LogP contribution in [0, 0.1) is 11.3 Å². The first kappa shape index (κ1) is 20.3. The molecule has 0 atom stereocenters. The highest BCUT2D eigenvalue weighted by Gasteiger charge is 2.10. The average Bonchev–Trinajstić information content (AvgIpc) is 2.77. The van der Waals surface area contributed by atoms with Crippen molar-refractivity contribution in [3.63, 3.8) is 0 Å². The van der Waals surface area contributed by atoms with E-state index in [0.29, 0.717) is 10.5 Å². The third-order valence-electron chi connectivity index (χ3n) is 4.56. The lowest BCUT2D eigenvalue weighted by molar-refractivity contribution is 0.597. The van der Waals surface area contributed by atoms with Gasteiger partial charge in [0.05, 0.1) is 22.3 Å². The summed E-state index contributed by atoms with van der Waals surface area (Å²) < 4.78 is 23.7. The molecule has 3 nitrogen and oxygen atoms in total. The molecule has 0 bridgehead atoms. The second-order valence-corrected chi connectivity index (χ2v) is 8.78. The van der Waals surface area contributed by atoms with Crippen LogP contribution in [0.25, 0.3) is 24.3 Å². The molecule has 0 aromatic heterocycles. The van der Waals surface area contributed by atoms with E-state index >= 15 is 0 Å². The zero-order valence-electron chi connectivity index (χ0n) is 16.1. The molecule has 4 heteroatoms. The van der Waals surface area contributed by atoms with Crippen molar-refractivity contribution in [2.75, 3.05) is 5.75 Å². The Morgan fingerprint density at radius 1 is 0.759 bits per heavy atom. The van der Waals surface area contributed by atoms with Gasteiger partial charge in [-0.15, -0.1) is 0 Å². The summed E-state index contributed by atoms with van der Waals surface area (Å²) in [6, 6.07) is 24.7. The highest BCUT2D eigenvalue weighted by Crippen LogP contribution is 2.16. The summed E-state index contributed by atoms with van der Waals surface area (Å²) in [5.74, 6) is 0.102. The Bertz CT molecular complexity index is 1180. The van der Waals surface area contributed by atoms with E-state index in [-0.39, 0.29) is 5.75 Å². The monoisotopic (exact) mass is 399 g/mol. The van der Waals surface area contributed by atoms with Crippen LogP contribution in [0.5, 0.6) is 0 Å². The quantitative estimate of drug-likeness (QED) is 0.500. The lowest BCUT2D eigenvalue weighted by Crippen LogP contribution is -2.02. The standard InChI is InChI=1S/C25H21NO2S/c1-2-29(27,28)25-17-14-22(15-18-25)12-9-20-7-10-21(11-8-20)13-16-23-5-3-4-6-24(23)19-26/h3-18H,2H2,1H3/b12-9+,16-13+. The van der Waals surface area contributed by atoms with Gasteiger partial charge < -0.3 is 0 Å². The van der Waals surface area contributed by atoms with Crippen molar-refractivity contribution in [1.82, 2.24) is 0 Å². The molecule has 144 valence electrons. The first-order chi connectivity index (χ1) is 14.0. The Morgan fingerprint density at radius 2 is 1.24 bits per heavy atom. The Morgan fingerprint density at radius 3 is 1.76 bits per heavy atom. The van der Waals surface area contributed by atoms with Gasteiger partial charge in [0.25, 0.3) is 0 Å². The SMILES string of the molecule is CCS(=O)(=O)c1ccc(/C=C/c2ccc(/C=C/c3ccccc3C#N)cc2)cc1. The largest absolute Gasteiger partial charge is 0.224 e. The van der Waals surface area contributed by atoms with Gasteiger partial charge in [0.2, 0.25) is 0 Å². The fraction of sp³-hybridized carbons (Fsp3) is 0.0800. The minimum absolute atomic E-state index is 0.102. The molecule has 0 aliphatic heterocycles. The molecule has 3 rings (SSSR count). The van der Waals surface area contributed by atoms with E-state index in [1.165, 1.54) is 0 Å². The molecule has 3 aromatic carbocycles. The zero-order chi connectivity index (χ0) is 20.7. The summed E-state index contributed by atoms with van der Waals surface area (Å²) in [5.41, 5.74) is 4.58. The van der Waals surface area contributed by atoms with Gasteiger partial charge >= 0.3 is 0 Å². The van der Waals surface area contributed by atoms with Crippen molar-refractivity contribution < 1.29 is 8.42 Å². The topological polar surface area (TPSA) is 57.9 Å². The molecular weight excluding hydrogens is 378 g/mol. The van der Waals surface area contributed by atoms with Crippen molar-refractivity contribution in [2.45, 2.75) is 11.8 Å². The van der Waals surface area contributed by atoms with E-state index in [4.69, 9.17) is 5.26 Å². The first-order valence-corrected chi connectivity index (χ1v) is 11.0. The molecule has 3 aromatic rings. The summed E-state index contributed by atoms with van der Waals surface area (Å²) in [4.78, 5) is 0.353. The molecule has 0 amide bonds. The Labute approximate surface area is 172 Å². The predicted octanol–water partition coefficient (Wildman–Crippen LogP) is 5.69. The molecule has 0 saturated heterocycles. The second kappa shape index (κ2) is 9.18. The Kier molecular flexibility index (Phi) is 6.43. The summed E-state index contributed by atoms with van der Waals surface area (Å²) in [6.07, 6.45) is 7.87. The number of nitrogens with zero attached hydrogens (tertiary/aromatic N) is 1. The maximum absolute atomic E-state index is 11.9. The number of hydrogen-bond donors (Lipinski definition) is 0. The van der Waals surface area contributed by atoms with Crippen LogP contribution in [0.15, 0.2) is 77.7 Å². The molecule has 0 spiro atoms. The molecule has 0 saturated carbocycles. The van der Waals surface area contributed by atoms with Crippen LogP contribution in [-0.4, -0.2) is 14.2 Å². The highest BCUT2D eigenvalue weighted by molar-refractivity contribution is 7.91. The van der Waals surface area contributed by atoms with E-state index in [1.807, 2.05) is 78.9 Å². The highest BCUT2D eigenvalue weighted by atomic mass is 32.2. The van der Waals surface area contributed by atoms with Gasteiger partial charge in [0, 0.05) is 0 Å². The van der Waals surface area contributed by atoms with Crippen molar-refractivity contribution in [3.8, 4) is 6.07 Å². The van der Waals surface area contributed by atoms with Gasteiger partial charge in [-0.2, -0.15) is 5.26 Å². The third-order valence-corrected chi connectivity index (χ3v) is 6.31. The lowest BCUT2D eigenvalue weighted by atomic mass is 10.1. The molecule has 0 heterocycles. The zero-order valence-corrected chi connectivity index (χ0v) is 16.9. The fourth-order valence-corrected chi connectivity index (χ4v) is 3.68. The molecular formula is C25H21NO2S. The van der Waals surface area contributed by atoms with E-state index in [1.54, 1.807) is 25.1 Å². The van der Waals surface area contributed by atoms with E-state index in [9.17, 15) is 8.42 Å². The first-order valence-electron chi connectivity index (χ1n) is 9.30. The number of hydrogen-bond acceptors (Lipinski definition) is 3. The maximum Gasteiger partial charge on any atom is 0.178 e. The van der Waals surface area contributed by atoms with Crippen molar-refractivity contribution in [1.29, 1.82) is 5.26 Å². The lowest BCUT2D eigenvalue weighted by Gasteiger charge is -2.01. The van der Waals surface area contributed by atoms with Crippen LogP contribution in [0.1, 0.15) is 34.7 Å². The smallest absolute Gasteiger partial charge is 0.178 e. The number of sulfone groups is 1. The number of benzene rings is 3. The van der Waals surface area contributed by atoms with Crippen molar-refractivity contribution in [3.05, 3.63) is 101 Å². The van der Waals surface area contributed by atoms with Crippen LogP contribution < -0.4 is 0 Å². The van der Waals surface area contributed by atoms with Crippen molar-refractivity contribution >= 4 is 34.1 Å². The van der Waals surface area contributed by atoms with Gasteiger partial charge in [-0.05, 0) is 40.5 Å². The summed E-state index contributed by atoms with van der Waals surface area (Å²) in [5, 5.41) is 9.15. The van der Waals surface area contributed by atoms with E-state index in [0.717, 1.165) is 22.3 Å². The van der Waals surface area contributed by atoms with Gasteiger partial charge in [-0.1, -0.05) is 85.8 Å². The molecule has 0 N–H and O–H groups in total.